The maximum atomic E-state index is 12.8. The van der Waals surface area contributed by atoms with Gasteiger partial charge in [0.2, 0.25) is 5.76 Å². The Bertz CT molecular complexity index is 1180. The van der Waals surface area contributed by atoms with Crippen LogP contribution in [0.4, 0.5) is 5.69 Å². The van der Waals surface area contributed by atoms with Gasteiger partial charge in [-0.2, -0.15) is 5.10 Å². The van der Waals surface area contributed by atoms with Crippen LogP contribution in [0.5, 0.6) is 5.75 Å². The predicted octanol–water partition coefficient (Wildman–Crippen LogP) is 5.45. The number of benzene rings is 2. The van der Waals surface area contributed by atoms with Crippen molar-refractivity contribution in [2.45, 2.75) is 40.0 Å². The molecule has 7 heteroatoms. The molecule has 1 aliphatic carbocycles. The Morgan fingerprint density at radius 2 is 1.78 bits per heavy atom. The molecule has 0 amide bonds. The van der Waals surface area contributed by atoms with E-state index < -0.39 is 5.97 Å². The number of ether oxygens (including phenoxy) is 1. The number of para-hydroxylation sites is 1. The van der Waals surface area contributed by atoms with Crippen LogP contribution in [-0.4, -0.2) is 16.8 Å². The highest BCUT2D eigenvalue weighted by atomic mass is 32.1. The molecule has 3 aromatic rings. The molecular formula is C25H25N3O3S. The molecule has 0 aliphatic heterocycles. The van der Waals surface area contributed by atoms with Gasteiger partial charge >= 0.3 is 5.97 Å². The minimum Gasteiger partial charge on any atom is -0.453 e. The highest BCUT2D eigenvalue weighted by Gasteiger charge is 2.29. The highest BCUT2D eigenvalue weighted by molar-refractivity contribution is 7.80. The number of hydrazone groups is 1. The maximum absolute atomic E-state index is 12.8. The molecule has 1 aromatic heterocycles. The summed E-state index contributed by atoms with van der Waals surface area (Å²) < 4.78 is 11.5. The fourth-order valence-corrected chi connectivity index (χ4v) is 4.08. The van der Waals surface area contributed by atoms with Crippen molar-refractivity contribution < 1.29 is 13.9 Å². The second-order valence-corrected chi connectivity index (χ2v) is 8.32. The van der Waals surface area contributed by atoms with E-state index in [1.165, 1.54) is 0 Å². The molecule has 0 saturated carbocycles. The van der Waals surface area contributed by atoms with Crippen LogP contribution in [-0.2, 0) is 6.42 Å². The number of nitrogens with one attached hydrogen (secondary N) is 2. The van der Waals surface area contributed by atoms with Gasteiger partial charge in [0, 0.05) is 23.2 Å². The summed E-state index contributed by atoms with van der Waals surface area (Å²) in [7, 11) is 0. The summed E-state index contributed by atoms with van der Waals surface area (Å²) in [5.41, 5.74) is 8.26. The van der Waals surface area contributed by atoms with Gasteiger partial charge < -0.3 is 14.5 Å². The average Bonchev–Trinajstić information content (AvgIpc) is 3.09. The first kappa shape index (κ1) is 21.8. The average molecular weight is 448 g/mol. The monoisotopic (exact) mass is 447 g/mol. The van der Waals surface area contributed by atoms with Crippen LogP contribution < -0.4 is 15.5 Å². The number of hydrogen-bond acceptors (Lipinski definition) is 5. The molecule has 0 bridgehead atoms. The van der Waals surface area contributed by atoms with Crippen molar-refractivity contribution in [1.29, 1.82) is 0 Å². The molecule has 1 aliphatic rings. The standard InChI is InChI=1S/C25H25N3O3S/c1-15-12-16(2)14-19(13-15)30-24(29)23-17(3)22-20(10-7-11-21(22)31-23)27-28-25(32)26-18-8-5-4-6-9-18/h4-6,8-9,12-14H,7,10-11H2,1-3H3,(H2,26,28,32)/b27-20+. The Balaban J connectivity index is 1.52. The van der Waals surface area contributed by atoms with Gasteiger partial charge in [-0.1, -0.05) is 24.3 Å². The van der Waals surface area contributed by atoms with Gasteiger partial charge in [-0.3, -0.25) is 5.43 Å². The molecule has 6 nitrogen and oxygen atoms in total. The largest absolute Gasteiger partial charge is 0.453 e. The number of aryl methyl sites for hydroxylation is 3. The molecule has 32 heavy (non-hydrogen) atoms. The van der Waals surface area contributed by atoms with Crippen molar-refractivity contribution in [2.75, 3.05) is 5.32 Å². The van der Waals surface area contributed by atoms with E-state index in [0.717, 1.165) is 58.7 Å². The van der Waals surface area contributed by atoms with Crippen LogP contribution in [0.1, 0.15) is 51.4 Å². The maximum Gasteiger partial charge on any atom is 0.379 e. The Morgan fingerprint density at radius 3 is 2.50 bits per heavy atom. The summed E-state index contributed by atoms with van der Waals surface area (Å²) in [5.74, 6) is 0.974. The number of carbonyl (C=O) groups excluding carboxylic acids is 1. The summed E-state index contributed by atoms with van der Waals surface area (Å²) >= 11 is 5.35. The summed E-state index contributed by atoms with van der Waals surface area (Å²) in [4.78, 5) is 12.8. The molecule has 0 fully saturated rings. The molecule has 1 heterocycles. The van der Waals surface area contributed by atoms with Gasteiger partial charge in [0.25, 0.3) is 0 Å². The van der Waals surface area contributed by atoms with E-state index >= 15 is 0 Å². The number of anilines is 1. The van der Waals surface area contributed by atoms with Gasteiger partial charge in [0.05, 0.1) is 5.71 Å². The summed E-state index contributed by atoms with van der Waals surface area (Å²) in [6.45, 7) is 5.80. The Kier molecular flexibility index (Phi) is 6.37. The van der Waals surface area contributed by atoms with Crippen molar-refractivity contribution in [3.63, 3.8) is 0 Å². The number of furan rings is 1. The first-order valence-electron chi connectivity index (χ1n) is 10.5. The van der Waals surface area contributed by atoms with Gasteiger partial charge in [-0.15, -0.1) is 0 Å². The number of carbonyl (C=O) groups is 1. The molecular weight excluding hydrogens is 422 g/mol. The van der Waals surface area contributed by atoms with Crippen molar-refractivity contribution in [3.8, 4) is 5.75 Å². The molecule has 2 N–H and O–H groups in total. The molecule has 2 aromatic carbocycles. The number of fused-ring (bicyclic) bond motifs is 1. The third-order valence-electron chi connectivity index (χ3n) is 5.24. The Morgan fingerprint density at radius 1 is 1.06 bits per heavy atom. The summed E-state index contributed by atoms with van der Waals surface area (Å²) in [6.07, 6.45) is 2.39. The van der Waals surface area contributed by atoms with Crippen molar-refractivity contribution in [1.82, 2.24) is 5.43 Å². The lowest BCUT2D eigenvalue weighted by molar-refractivity contribution is 0.0698. The van der Waals surface area contributed by atoms with Crippen molar-refractivity contribution >= 4 is 34.7 Å². The van der Waals surface area contributed by atoms with Crippen molar-refractivity contribution in [2.24, 2.45) is 5.10 Å². The van der Waals surface area contributed by atoms with Gasteiger partial charge in [-0.05, 0) is 81.2 Å². The number of thiocarbonyl (C=S) groups is 1. The molecule has 4 rings (SSSR count). The first-order chi connectivity index (χ1) is 15.4. The van der Waals surface area contributed by atoms with E-state index in [0.29, 0.717) is 10.9 Å². The van der Waals surface area contributed by atoms with E-state index in [-0.39, 0.29) is 5.76 Å². The first-order valence-corrected chi connectivity index (χ1v) is 10.9. The third-order valence-corrected chi connectivity index (χ3v) is 5.43. The van der Waals surface area contributed by atoms with Crippen LogP contribution in [0.25, 0.3) is 0 Å². The third kappa shape index (κ3) is 4.89. The lowest BCUT2D eigenvalue weighted by atomic mass is 9.93. The van der Waals surface area contributed by atoms with Gasteiger partial charge in [0.15, 0.2) is 5.11 Å². The number of rotatable bonds is 4. The van der Waals surface area contributed by atoms with Crippen LogP contribution in [0.3, 0.4) is 0 Å². The van der Waals surface area contributed by atoms with Gasteiger partial charge in [0.1, 0.15) is 11.5 Å². The predicted molar refractivity (Wildman–Crippen MR) is 130 cm³/mol. The number of esters is 1. The minimum atomic E-state index is -0.504. The van der Waals surface area contributed by atoms with Crippen LogP contribution in [0.2, 0.25) is 0 Å². The topological polar surface area (TPSA) is 75.9 Å². The number of nitrogens with zero attached hydrogens (tertiary/aromatic N) is 1. The molecule has 0 unspecified atom stereocenters. The lowest BCUT2D eigenvalue weighted by Crippen LogP contribution is -2.26. The molecule has 0 saturated heterocycles. The zero-order valence-electron chi connectivity index (χ0n) is 18.3. The molecule has 0 radical (unpaired) electrons. The summed E-state index contributed by atoms with van der Waals surface area (Å²) in [6, 6.07) is 15.3. The second-order valence-electron chi connectivity index (χ2n) is 7.91. The Hall–Kier alpha value is -3.45. The molecule has 0 spiro atoms. The quantitative estimate of drug-likeness (QED) is 0.240. The SMILES string of the molecule is Cc1cc(C)cc(OC(=O)c2oc3c(c2C)/C(=N/NC(=S)Nc2ccccc2)CCC3)c1. The van der Waals surface area contributed by atoms with E-state index in [1.54, 1.807) is 0 Å². The molecule has 164 valence electrons. The fourth-order valence-electron chi connectivity index (χ4n) is 3.92. The van der Waals surface area contributed by atoms with Gasteiger partial charge in [-0.25, -0.2) is 4.79 Å². The van der Waals surface area contributed by atoms with E-state index in [2.05, 4.69) is 15.8 Å². The van der Waals surface area contributed by atoms with E-state index in [1.807, 2.05) is 69.3 Å². The molecule has 0 atom stereocenters. The summed E-state index contributed by atoms with van der Waals surface area (Å²) in [5, 5.41) is 8.00. The second kappa shape index (κ2) is 9.36. The zero-order chi connectivity index (χ0) is 22.7. The van der Waals surface area contributed by atoms with E-state index in [4.69, 9.17) is 21.4 Å². The lowest BCUT2D eigenvalue weighted by Gasteiger charge is -2.14. The fraction of sp³-hybridized carbons (Fsp3) is 0.240. The van der Waals surface area contributed by atoms with E-state index in [9.17, 15) is 4.79 Å². The normalized spacial score (nSPS) is 14.0. The Labute approximate surface area is 192 Å². The zero-order valence-corrected chi connectivity index (χ0v) is 19.1. The smallest absolute Gasteiger partial charge is 0.379 e. The van der Waals surface area contributed by atoms with Crippen molar-refractivity contribution in [3.05, 3.63) is 82.3 Å². The van der Waals surface area contributed by atoms with Crippen LogP contribution in [0.15, 0.2) is 58.0 Å². The van der Waals surface area contributed by atoms with Crippen LogP contribution >= 0.6 is 12.2 Å². The van der Waals surface area contributed by atoms with Crippen LogP contribution in [0, 0.1) is 20.8 Å². The highest BCUT2D eigenvalue weighted by Crippen LogP contribution is 2.30. The number of hydrogen-bond donors (Lipinski definition) is 2. The minimum absolute atomic E-state index is 0.216.